The lowest BCUT2D eigenvalue weighted by atomic mass is 9.96. The fourth-order valence-corrected chi connectivity index (χ4v) is 3.37. The van der Waals surface area contributed by atoms with E-state index in [9.17, 15) is 9.90 Å². The Balaban J connectivity index is 1.58. The van der Waals surface area contributed by atoms with Gasteiger partial charge in [-0.3, -0.25) is 4.98 Å². The highest BCUT2D eigenvalue weighted by molar-refractivity contribution is 5.89. The summed E-state index contributed by atoms with van der Waals surface area (Å²) in [5.74, 6) is -0.912. The van der Waals surface area contributed by atoms with Gasteiger partial charge in [0.15, 0.2) is 0 Å². The summed E-state index contributed by atoms with van der Waals surface area (Å²) in [6.07, 6.45) is 3.64. The first-order valence-corrected chi connectivity index (χ1v) is 9.68. The lowest BCUT2D eigenvalue weighted by Crippen LogP contribution is -2.32. The van der Waals surface area contributed by atoms with E-state index in [-0.39, 0.29) is 6.04 Å². The molecule has 5 nitrogen and oxygen atoms in total. The number of aliphatic hydroxyl groups excluding tert-OH is 1. The Morgan fingerprint density at radius 1 is 1.14 bits per heavy atom. The molecule has 0 saturated carbocycles. The minimum absolute atomic E-state index is 0.212. The predicted octanol–water partition coefficient (Wildman–Crippen LogP) is 4.01. The fourth-order valence-electron chi connectivity index (χ4n) is 3.37. The molecule has 3 aromatic rings. The summed E-state index contributed by atoms with van der Waals surface area (Å²) in [6, 6.07) is 17.4. The number of aromatic carboxylic acids is 1. The Kier molecular flexibility index (Phi) is 6.75. The molecule has 0 amide bonds. The number of carboxylic acids is 1. The summed E-state index contributed by atoms with van der Waals surface area (Å²) in [4.78, 5) is 15.1. The van der Waals surface area contributed by atoms with Crippen molar-refractivity contribution in [2.24, 2.45) is 0 Å². The third-order valence-electron chi connectivity index (χ3n) is 5.01. The maximum atomic E-state index is 11.1. The molecule has 2 aromatic carbocycles. The monoisotopic (exact) mass is 390 g/mol. The number of hydrogen-bond donors (Lipinski definition) is 3. The third kappa shape index (κ3) is 5.50. The van der Waals surface area contributed by atoms with E-state index in [0.717, 1.165) is 28.7 Å². The van der Waals surface area contributed by atoms with E-state index in [1.807, 2.05) is 25.1 Å². The van der Waals surface area contributed by atoms with Crippen molar-refractivity contribution in [3.63, 3.8) is 0 Å². The van der Waals surface area contributed by atoms with Crippen molar-refractivity contribution < 1.29 is 15.0 Å². The molecule has 3 rings (SSSR count). The van der Waals surface area contributed by atoms with Crippen LogP contribution in [0.2, 0.25) is 0 Å². The molecule has 0 fully saturated rings. The number of aryl methyl sites for hydroxylation is 1. The number of rotatable bonds is 8. The zero-order valence-corrected chi connectivity index (χ0v) is 16.7. The standard InChI is InChI=1S/C24H26N2O3/c1-16-12-20(24(28)29)9-10-22(16)19-7-5-18(6-8-19)13-17(2)26-15-23(27)21-4-3-11-25-14-21/h3-12,14,17,23,26-27H,13,15H2,1-2H3,(H,28,29)/t17-,23-/m1/s1. The van der Waals surface area contributed by atoms with Crippen molar-refractivity contribution in [3.8, 4) is 11.1 Å². The Morgan fingerprint density at radius 2 is 1.90 bits per heavy atom. The largest absolute Gasteiger partial charge is 0.478 e. The molecule has 29 heavy (non-hydrogen) atoms. The Morgan fingerprint density at radius 3 is 2.52 bits per heavy atom. The molecule has 0 aliphatic carbocycles. The van der Waals surface area contributed by atoms with Gasteiger partial charge in [0.05, 0.1) is 11.7 Å². The molecule has 0 unspecified atom stereocenters. The van der Waals surface area contributed by atoms with Crippen LogP contribution in [0.3, 0.4) is 0 Å². The number of hydrogen-bond acceptors (Lipinski definition) is 4. The molecule has 2 atom stereocenters. The number of carbonyl (C=O) groups is 1. The lowest BCUT2D eigenvalue weighted by Gasteiger charge is -2.17. The lowest BCUT2D eigenvalue weighted by molar-refractivity contribution is 0.0697. The van der Waals surface area contributed by atoms with E-state index < -0.39 is 12.1 Å². The van der Waals surface area contributed by atoms with E-state index in [0.29, 0.717) is 12.1 Å². The molecule has 0 spiro atoms. The SMILES string of the molecule is Cc1cc(C(=O)O)ccc1-c1ccc(C[C@@H](C)NC[C@@H](O)c2cccnc2)cc1. The number of nitrogens with zero attached hydrogens (tertiary/aromatic N) is 1. The van der Waals surface area contributed by atoms with Gasteiger partial charge in [-0.25, -0.2) is 4.79 Å². The minimum Gasteiger partial charge on any atom is -0.478 e. The number of aromatic nitrogens is 1. The van der Waals surface area contributed by atoms with Crippen LogP contribution in [0.15, 0.2) is 67.0 Å². The zero-order valence-electron chi connectivity index (χ0n) is 16.7. The summed E-state index contributed by atoms with van der Waals surface area (Å²) < 4.78 is 0. The highest BCUT2D eigenvalue weighted by atomic mass is 16.4. The average Bonchev–Trinajstić information content (AvgIpc) is 2.73. The van der Waals surface area contributed by atoms with Gasteiger partial charge >= 0.3 is 5.97 Å². The molecular weight excluding hydrogens is 364 g/mol. The average molecular weight is 390 g/mol. The van der Waals surface area contributed by atoms with Gasteiger partial charge in [0.1, 0.15) is 0 Å². The Bertz CT molecular complexity index is 956. The number of benzene rings is 2. The molecular formula is C24H26N2O3. The van der Waals surface area contributed by atoms with Crippen molar-refractivity contribution in [2.45, 2.75) is 32.4 Å². The van der Waals surface area contributed by atoms with E-state index >= 15 is 0 Å². The van der Waals surface area contributed by atoms with E-state index in [1.165, 1.54) is 5.56 Å². The first kappa shape index (κ1) is 20.7. The minimum atomic E-state index is -0.912. The number of aliphatic hydroxyl groups is 1. The predicted molar refractivity (Wildman–Crippen MR) is 114 cm³/mol. The van der Waals surface area contributed by atoms with Gasteiger partial charge < -0.3 is 15.5 Å². The first-order valence-electron chi connectivity index (χ1n) is 9.68. The molecule has 1 aromatic heterocycles. The van der Waals surface area contributed by atoms with Crippen LogP contribution in [0.1, 0.15) is 40.1 Å². The molecule has 5 heteroatoms. The highest BCUT2D eigenvalue weighted by Gasteiger charge is 2.11. The van der Waals surface area contributed by atoms with Crippen LogP contribution in [0.25, 0.3) is 11.1 Å². The summed E-state index contributed by atoms with van der Waals surface area (Å²) in [5, 5.41) is 22.7. The zero-order chi connectivity index (χ0) is 20.8. The van der Waals surface area contributed by atoms with Gasteiger partial charge in [0, 0.05) is 30.5 Å². The fraction of sp³-hybridized carbons (Fsp3) is 0.250. The van der Waals surface area contributed by atoms with Crippen molar-refractivity contribution in [2.75, 3.05) is 6.54 Å². The summed E-state index contributed by atoms with van der Waals surface area (Å²) in [7, 11) is 0. The van der Waals surface area contributed by atoms with Crippen molar-refractivity contribution in [3.05, 3.63) is 89.2 Å². The molecule has 1 heterocycles. The second-order valence-corrected chi connectivity index (χ2v) is 7.35. The maximum Gasteiger partial charge on any atom is 0.335 e. The number of pyridine rings is 1. The molecule has 0 bridgehead atoms. The molecule has 150 valence electrons. The van der Waals surface area contributed by atoms with Crippen LogP contribution >= 0.6 is 0 Å². The molecule has 0 radical (unpaired) electrons. The van der Waals surface area contributed by atoms with Crippen LogP contribution in [0, 0.1) is 6.92 Å². The highest BCUT2D eigenvalue weighted by Crippen LogP contribution is 2.25. The van der Waals surface area contributed by atoms with Gasteiger partial charge in [-0.05, 0) is 60.7 Å². The molecule has 0 saturated heterocycles. The Labute approximate surface area is 171 Å². The van der Waals surface area contributed by atoms with Gasteiger partial charge in [-0.2, -0.15) is 0 Å². The molecule has 0 aliphatic rings. The Hall–Kier alpha value is -3.02. The topological polar surface area (TPSA) is 82.5 Å². The smallest absolute Gasteiger partial charge is 0.335 e. The summed E-state index contributed by atoms with van der Waals surface area (Å²) in [5.41, 5.74) is 5.35. The van der Waals surface area contributed by atoms with E-state index in [2.05, 4.69) is 41.5 Å². The van der Waals surface area contributed by atoms with E-state index in [1.54, 1.807) is 24.5 Å². The van der Waals surface area contributed by atoms with E-state index in [4.69, 9.17) is 5.11 Å². The summed E-state index contributed by atoms with van der Waals surface area (Å²) in [6.45, 7) is 4.49. The van der Waals surface area contributed by atoms with Crippen molar-refractivity contribution >= 4 is 5.97 Å². The number of nitrogens with one attached hydrogen (secondary N) is 1. The van der Waals surface area contributed by atoms with Crippen LogP contribution in [-0.4, -0.2) is 33.8 Å². The second-order valence-electron chi connectivity index (χ2n) is 7.35. The summed E-state index contributed by atoms with van der Waals surface area (Å²) >= 11 is 0. The van der Waals surface area contributed by atoms with Gasteiger partial charge in [0.25, 0.3) is 0 Å². The maximum absolute atomic E-state index is 11.1. The second kappa shape index (κ2) is 9.45. The third-order valence-corrected chi connectivity index (χ3v) is 5.01. The van der Waals surface area contributed by atoms with Gasteiger partial charge in [-0.15, -0.1) is 0 Å². The molecule has 0 aliphatic heterocycles. The van der Waals surface area contributed by atoms with Gasteiger partial charge in [-0.1, -0.05) is 36.4 Å². The normalized spacial score (nSPS) is 13.1. The van der Waals surface area contributed by atoms with Crippen LogP contribution < -0.4 is 5.32 Å². The quantitative estimate of drug-likeness (QED) is 0.541. The van der Waals surface area contributed by atoms with Crippen LogP contribution in [0.5, 0.6) is 0 Å². The first-order chi connectivity index (χ1) is 13.9. The number of carboxylic acid groups (broad SMARTS) is 1. The van der Waals surface area contributed by atoms with Crippen molar-refractivity contribution in [1.29, 1.82) is 0 Å². The van der Waals surface area contributed by atoms with Crippen LogP contribution in [0.4, 0.5) is 0 Å². The van der Waals surface area contributed by atoms with Gasteiger partial charge in [0.2, 0.25) is 0 Å². The molecule has 3 N–H and O–H groups in total. The van der Waals surface area contributed by atoms with Crippen LogP contribution in [-0.2, 0) is 6.42 Å². The van der Waals surface area contributed by atoms with Crippen molar-refractivity contribution in [1.82, 2.24) is 10.3 Å².